The predicted molar refractivity (Wildman–Crippen MR) is 95.2 cm³/mol. The minimum atomic E-state index is -0.261. The van der Waals surface area contributed by atoms with Crippen molar-refractivity contribution in [3.8, 4) is 5.75 Å². The van der Waals surface area contributed by atoms with Crippen molar-refractivity contribution in [2.75, 3.05) is 17.2 Å². The molecule has 0 saturated carbocycles. The molecule has 0 aliphatic rings. The molecule has 0 aliphatic carbocycles. The number of hydrogen-bond donors (Lipinski definition) is 2. The summed E-state index contributed by atoms with van der Waals surface area (Å²) in [5, 5.41) is 5.55. The molecule has 2 aromatic rings. The first-order valence-corrected chi connectivity index (χ1v) is 7.84. The van der Waals surface area contributed by atoms with E-state index in [2.05, 4.69) is 10.6 Å². The molecule has 2 N–H and O–H groups in total. The quantitative estimate of drug-likeness (QED) is 0.852. The SMILES string of the molecule is Cc1ccc(OCC(=O)Nc2cccc(NC(=O)C(C)C)c2)cc1. The Hall–Kier alpha value is -2.82. The number of hydrogen-bond acceptors (Lipinski definition) is 3. The first kappa shape index (κ1) is 17.5. The van der Waals surface area contributed by atoms with E-state index in [1.165, 1.54) is 0 Å². The first-order valence-electron chi connectivity index (χ1n) is 7.84. The highest BCUT2D eigenvalue weighted by atomic mass is 16.5. The lowest BCUT2D eigenvalue weighted by atomic mass is 10.2. The zero-order valence-electron chi connectivity index (χ0n) is 14.1. The van der Waals surface area contributed by atoms with Crippen LogP contribution in [0.4, 0.5) is 11.4 Å². The Labute approximate surface area is 142 Å². The van der Waals surface area contributed by atoms with Crippen molar-refractivity contribution < 1.29 is 14.3 Å². The van der Waals surface area contributed by atoms with Crippen LogP contribution >= 0.6 is 0 Å². The molecule has 2 rings (SSSR count). The number of benzene rings is 2. The molecule has 2 amide bonds. The fraction of sp³-hybridized carbons (Fsp3) is 0.263. The maximum Gasteiger partial charge on any atom is 0.262 e. The van der Waals surface area contributed by atoms with Crippen LogP contribution in [-0.2, 0) is 9.59 Å². The predicted octanol–water partition coefficient (Wildman–Crippen LogP) is 3.61. The van der Waals surface area contributed by atoms with Crippen LogP contribution in [0.2, 0.25) is 0 Å². The van der Waals surface area contributed by atoms with Gasteiger partial charge in [0.1, 0.15) is 5.75 Å². The van der Waals surface area contributed by atoms with Gasteiger partial charge in [-0.25, -0.2) is 0 Å². The van der Waals surface area contributed by atoms with Gasteiger partial charge in [-0.3, -0.25) is 9.59 Å². The third-order valence-electron chi connectivity index (χ3n) is 3.33. The lowest BCUT2D eigenvalue weighted by Gasteiger charge is -2.11. The number of anilines is 2. The van der Waals surface area contributed by atoms with E-state index >= 15 is 0 Å². The summed E-state index contributed by atoms with van der Waals surface area (Å²) < 4.78 is 5.44. The summed E-state index contributed by atoms with van der Waals surface area (Å²) in [6, 6.07) is 14.5. The lowest BCUT2D eigenvalue weighted by molar-refractivity contribution is -0.119. The van der Waals surface area contributed by atoms with Gasteiger partial charge in [0.25, 0.3) is 5.91 Å². The van der Waals surface area contributed by atoms with Crippen molar-refractivity contribution in [2.24, 2.45) is 5.92 Å². The van der Waals surface area contributed by atoms with Gasteiger partial charge in [0.15, 0.2) is 6.61 Å². The molecule has 5 heteroatoms. The van der Waals surface area contributed by atoms with Crippen molar-refractivity contribution in [2.45, 2.75) is 20.8 Å². The van der Waals surface area contributed by atoms with E-state index in [0.29, 0.717) is 17.1 Å². The van der Waals surface area contributed by atoms with Gasteiger partial charge in [0.05, 0.1) is 0 Å². The minimum absolute atomic E-state index is 0.0684. The fourth-order valence-electron chi connectivity index (χ4n) is 1.94. The van der Waals surface area contributed by atoms with Gasteiger partial charge in [-0.15, -0.1) is 0 Å². The molecule has 0 fully saturated rings. The molecule has 24 heavy (non-hydrogen) atoms. The van der Waals surface area contributed by atoms with Crippen LogP contribution in [0.15, 0.2) is 48.5 Å². The number of rotatable bonds is 6. The number of ether oxygens (including phenoxy) is 1. The lowest BCUT2D eigenvalue weighted by Crippen LogP contribution is -2.21. The average molecular weight is 326 g/mol. The largest absolute Gasteiger partial charge is 0.484 e. The summed E-state index contributed by atoms with van der Waals surface area (Å²) in [5.41, 5.74) is 2.38. The van der Waals surface area contributed by atoms with Gasteiger partial charge in [-0.1, -0.05) is 37.6 Å². The summed E-state index contributed by atoms with van der Waals surface area (Å²) >= 11 is 0. The summed E-state index contributed by atoms with van der Waals surface area (Å²) in [6.07, 6.45) is 0. The Morgan fingerprint density at radius 1 is 1.00 bits per heavy atom. The topological polar surface area (TPSA) is 67.4 Å². The van der Waals surface area contributed by atoms with Crippen LogP contribution in [0.1, 0.15) is 19.4 Å². The minimum Gasteiger partial charge on any atom is -0.484 e. The molecule has 0 aromatic heterocycles. The molecule has 0 unspecified atom stereocenters. The molecule has 0 atom stereocenters. The summed E-state index contributed by atoms with van der Waals surface area (Å²) in [5.74, 6) is 0.212. The highest BCUT2D eigenvalue weighted by molar-refractivity contribution is 5.95. The van der Waals surface area contributed by atoms with Crippen LogP contribution in [0.3, 0.4) is 0 Å². The van der Waals surface area contributed by atoms with Crippen LogP contribution in [0.25, 0.3) is 0 Å². The Bertz CT molecular complexity index is 709. The van der Waals surface area contributed by atoms with Gasteiger partial charge in [0, 0.05) is 17.3 Å². The Kier molecular flexibility index (Phi) is 5.95. The van der Waals surface area contributed by atoms with Crippen molar-refractivity contribution in [3.05, 3.63) is 54.1 Å². The van der Waals surface area contributed by atoms with Crippen molar-refractivity contribution in [1.29, 1.82) is 0 Å². The van der Waals surface area contributed by atoms with Crippen LogP contribution in [-0.4, -0.2) is 18.4 Å². The molecule has 0 bridgehead atoms. The van der Waals surface area contributed by atoms with Crippen molar-refractivity contribution >= 4 is 23.2 Å². The second kappa shape index (κ2) is 8.15. The Balaban J connectivity index is 1.89. The number of carbonyl (C=O) groups excluding carboxylic acids is 2. The maximum absolute atomic E-state index is 12.0. The number of amides is 2. The molecular weight excluding hydrogens is 304 g/mol. The highest BCUT2D eigenvalue weighted by Gasteiger charge is 2.08. The molecule has 0 saturated heterocycles. The van der Waals surface area contributed by atoms with E-state index in [4.69, 9.17) is 4.74 Å². The normalized spacial score (nSPS) is 10.3. The Morgan fingerprint density at radius 2 is 1.62 bits per heavy atom. The van der Waals surface area contributed by atoms with Gasteiger partial charge in [-0.2, -0.15) is 0 Å². The van der Waals surface area contributed by atoms with Crippen LogP contribution in [0.5, 0.6) is 5.75 Å². The number of aryl methyl sites for hydroxylation is 1. The van der Waals surface area contributed by atoms with E-state index in [9.17, 15) is 9.59 Å². The monoisotopic (exact) mass is 326 g/mol. The first-order chi connectivity index (χ1) is 11.4. The van der Waals surface area contributed by atoms with E-state index < -0.39 is 0 Å². The molecule has 5 nitrogen and oxygen atoms in total. The van der Waals surface area contributed by atoms with Gasteiger partial charge in [0.2, 0.25) is 5.91 Å². The second-order valence-electron chi connectivity index (χ2n) is 5.87. The summed E-state index contributed by atoms with van der Waals surface area (Å²) in [7, 11) is 0. The van der Waals surface area contributed by atoms with Gasteiger partial charge < -0.3 is 15.4 Å². The van der Waals surface area contributed by atoms with E-state index in [1.54, 1.807) is 24.3 Å². The zero-order chi connectivity index (χ0) is 17.5. The zero-order valence-corrected chi connectivity index (χ0v) is 14.1. The fourth-order valence-corrected chi connectivity index (χ4v) is 1.94. The maximum atomic E-state index is 12.0. The molecule has 126 valence electrons. The summed E-state index contributed by atoms with van der Waals surface area (Å²) in [4.78, 5) is 23.7. The molecule has 2 aromatic carbocycles. The molecule has 0 radical (unpaired) electrons. The summed E-state index contributed by atoms with van der Waals surface area (Å²) in [6.45, 7) is 5.56. The average Bonchev–Trinajstić information content (AvgIpc) is 2.54. The third-order valence-corrected chi connectivity index (χ3v) is 3.33. The number of carbonyl (C=O) groups is 2. The van der Waals surface area contributed by atoms with Crippen molar-refractivity contribution in [1.82, 2.24) is 0 Å². The number of nitrogens with one attached hydrogen (secondary N) is 2. The third kappa shape index (κ3) is 5.43. The van der Waals surface area contributed by atoms with E-state index in [1.807, 2.05) is 45.0 Å². The van der Waals surface area contributed by atoms with Crippen LogP contribution in [0, 0.1) is 12.8 Å². The van der Waals surface area contributed by atoms with Gasteiger partial charge in [-0.05, 0) is 37.3 Å². The Morgan fingerprint density at radius 3 is 2.25 bits per heavy atom. The molecule has 0 aliphatic heterocycles. The standard InChI is InChI=1S/C19H22N2O3/c1-13(2)19(23)21-16-6-4-5-15(11-16)20-18(22)12-24-17-9-7-14(3)8-10-17/h4-11,13H,12H2,1-3H3,(H,20,22)(H,21,23). The van der Waals surface area contributed by atoms with Crippen LogP contribution < -0.4 is 15.4 Å². The van der Waals surface area contributed by atoms with Crippen molar-refractivity contribution in [3.63, 3.8) is 0 Å². The smallest absolute Gasteiger partial charge is 0.262 e. The molecular formula is C19H22N2O3. The van der Waals surface area contributed by atoms with Gasteiger partial charge >= 0.3 is 0 Å². The van der Waals surface area contributed by atoms with E-state index in [-0.39, 0.29) is 24.3 Å². The molecule has 0 heterocycles. The molecule has 0 spiro atoms. The second-order valence-corrected chi connectivity index (χ2v) is 5.87. The highest BCUT2D eigenvalue weighted by Crippen LogP contribution is 2.16. The van der Waals surface area contributed by atoms with E-state index in [0.717, 1.165) is 5.56 Å².